The Labute approximate surface area is 84.7 Å². The largest absolute Gasteiger partial charge is 0.371 e. The summed E-state index contributed by atoms with van der Waals surface area (Å²) in [5.41, 5.74) is 10.5. The molecule has 0 bridgehead atoms. The minimum Gasteiger partial charge on any atom is -0.371 e. The highest BCUT2D eigenvalue weighted by atomic mass is 15.1. The summed E-state index contributed by atoms with van der Waals surface area (Å²) < 4.78 is 0. The van der Waals surface area contributed by atoms with Gasteiger partial charge in [-0.05, 0) is 30.4 Å². The molecule has 0 aromatic heterocycles. The number of para-hydroxylation sites is 1. The van der Waals surface area contributed by atoms with Crippen LogP contribution in [-0.2, 0) is 6.42 Å². The van der Waals surface area contributed by atoms with Crippen molar-refractivity contribution < 1.29 is 0 Å². The standard InChI is InChI=1S/C12H16N2/c13-11-6-8-14-7-2-4-9-3-1-5-10(11)12(9)14/h1,3,5,11H,2,4,6-8,13H2. The fraction of sp³-hybridized carbons (Fsp3) is 0.500. The fourth-order valence-electron chi connectivity index (χ4n) is 2.74. The lowest BCUT2D eigenvalue weighted by Gasteiger charge is -2.39. The van der Waals surface area contributed by atoms with Crippen molar-refractivity contribution in [2.75, 3.05) is 18.0 Å². The van der Waals surface area contributed by atoms with Crippen LogP contribution in [0.1, 0.15) is 30.0 Å². The Bertz CT molecular complexity index is 359. The predicted molar refractivity (Wildman–Crippen MR) is 58.5 cm³/mol. The van der Waals surface area contributed by atoms with Gasteiger partial charge in [0, 0.05) is 24.8 Å². The molecule has 0 radical (unpaired) electrons. The lowest BCUT2D eigenvalue weighted by atomic mass is 9.90. The number of aryl methyl sites for hydroxylation is 1. The normalized spacial score (nSPS) is 24.6. The first-order chi connectivity index (χ1) is 6.86. The van der Waals surface area contributed by atoms with Crippen molar-refractivity contribution in [3.63, 3.8) is 0 Å². The Morgan fingerprint density at radius 1 is 1.29 bits per heavy atom. The highest BCUT2D eigenvalue weighted by Crippen LogP contribution is 2.38. The van der Waals surface area contributed by atoms with E-state index in [1.54, 1.807) is 0 Å². The number of anilines is 1. The molecule has 0 saturated carbocycles. The van der Waals surface area contributed by atoms with Crippen LogP contribution in [0, 0.1) is 0 Å². The average molecular weight is 188 g/mol. The van der Waals surface area contributed by atoms with Crippen molar-refractivity contribution in [3.05, 3.63) is 29.3 Å². The maximum absolute atomic E-state index is 6.13. The molecule has 2 aliphatic rings. The molecule has 2 aliphatic heterocycles. The van der Waals surface area contributed by atoms with Gasteiger partial charge in [0.1, 0.15) is 0 Å². The first-order valence-corrected chi connectivity index (χ1v) is 5.48. The third kappa shape index (κ3) is 1.07. The molecule has 14 heavy (non-hydrogen) atoms. The van der Waals surface area contributed by atoms with E-state index in [9.17, 15) is 0 Å². The summed E-state index contributed by atoms with van der Waals surface area (Å²) in [5, 5.41) is 0. The summed E-state index contributed by atoms with van der Waals surface area (Å²) in [7, 11) is 0. The Hall–Kier alpha value is -1.02. The van der Waals surface area contributed by atoms with Gasteiger partial charge in [-0.1, -0.05) is 18.2 Å². The van der Waals surface area contributed by atoms with Gasteiger partial charge in [-0.25, -0.2) is 0 Å². The SMILES string of the molecule is NC1CCN2CCCc3cccc1c32. The minimum atomic E-state index is 0.263. The Balaban J connectivity index is 2.19. The minimum absolute atomic E-state index is 0.263. The van der Waals surface area contributed by atoms with E-state index < -0.39 is 0 Å². The van der Waals surface area contributed by atoms with Gasteiger partial charge < -0.3 is 10.6 Å². The van der Waals surface area contributed by atoms with Crippen LogP contribution in [0.4, 0.5) is 5.69 Å². The van der Waals surface area contributed by atoms with Gasteiger partial charge in [-0.3, -0.25) is 0 Å². The number of benzene rings is 1. The van der Waals surface area contributed by atoms with E-state index in [0.717, 1.165) is 13.0 Å². The molecule has 0 fully saturated rings. The highest BCUT2D eigenvalue weighted by Gasteiger charge is 2.26. The third-order valence-corrected chi connectivity index (χ3v) is 3.45. The second kappa shape index (κ2) is 2.99. The summed E-state index contributed by atoms with van der Waals surface area (Å²) in [4.78, 5) is 2.51. The van der Waals surface area contributed by atoms with Crippen molar-refractivity contribution in [2.45, 2.75) is 25.3 Å². The van der Waals surface area contributed by atoms with E-state index in [4.69, 9.17) is 5.73 Å². The Kier molecular flexibility index (Phi) is 1.77. The lowest BCUT2D eigenvalue weighted by molar-refractivity contribution is 0.565. The maximum atomic E-state index is 6.13. The molecule has 74 valence electrons. The third-order valence-electron chi connectivity index (χ3n) is 3.45. The van der Waals surface area contributed by atoms with Crippen molar-refractivity contribution >= 4 is 5.69 Å². The number of hydrogen-bond donors (Lipinski definition) is 1. The van der Waals surface area contributed by atoms with Crippen LogP contribution in [0.3, 0.4) is 0 Å². The van der Waals surface area contributed by atoms with E-state index >= 15 is 0 Å². The topological polar surface area (TPSA) is 29.3 Å². The van der Waals surface area contributed by atoms with E-state index in [1.165, 1.54) is 36.2 Å². The molecule has 0 spiro atoms. The molecule has 1 atom stereocenters. The van der Waals surface area contributed by atoms with Crippen LogP contribution in [0.25, 0.3) is 0 Å². The van der Waals surface area contributed by atoms with E-state index in [0.29, 0.717) is 0 Å². The molecule has 2 nitrogen and oxygen atoms in total. The number of rotatable bonds is 0. The molecule has 3 rings (SSSR count). The molecular formula is C12H16N2. The summed E-state index contributed by atoms with van der Waals surface area (Å²) in [6.07, 6.45) is 3.63. The van der Waals surface area contributed by atoms with Crippen LogP contribution in [0.15, 0.2) is 18.2 Å². The van der Waals surface area contributed by atoms with Crippen LogP contribution < -0.4 is 10.6 Å². The average Bonchev–Trinajstić information content (AvgIpc) is 2.24. The quantitative estimate of drug-likeness (QED) is 0.673. The molecular weight excluding hydrogens is 172 g/mol. The second-order valence-electron chi connectivity index (χ2n) is 4.34. The van der Waals surface area contributed by atoms with Crippen LogP contribution in [-0.4, -0.2) is 13.1 Å². The molecule has 2 heteroatoms. The summed E-state index contributed by atoms with van der Waals surface area (Å²) >= 11 is 0. The number of hydrogen-bond acceptors (Lipinski definition) is 2. The molecule has 0 saturated heterocycles. The van der Waals surface area contributed by atoms with Crippen LogP contribution in [0.2, 0.25) is 0 Å². The monoisotopic (exact) mass is 188 g/mol. The summed E-state index contributed by atoms with van der Waals surface area (Å²) in [6, 6.07) is 6.87. The lowest BCUT2D eigenvalue weighted by Crippen LogP contribution is -2.37. The first-order valence-electron chi connectivity index (χ1n) is 5.48. The number of nitrogens with zero attached hydrogens (tertiary/aromatic N) is 1. The molecule has 1 aromatic carbocycles. The van der Waals surface area contributed by atoms with E-state index in [1.807, 2.05) is 0 Å². The zero-order valence-corrected chi connectivity index (χ0v) is 8.37. The van der Waals surface area contributed by atoms with Gasteiger partial charge in [-0.2, -0.15) is 0 Å². The van der Waals surface area contributed by atoms with Crippen LogP contribution in [0.5, 0.6) is 0 Å². The van der Waals surface area contributed by atoms with Crippen LogP contribution >= 0.6 is 0 Å². The molecule has 2 N–H and O–H groups in total. The molecule has 1 unspecified atom stereocenters. The zero-order chi connectivity index (χ0) is 9.54. The Morgan fingerprint density at radius 2 is 2.21 bits per heavy atom. The van der Waals surface area contributed by atoms with Crippen molar-refractivity contribution in [2.24, 2.45) is 5.73 Å². The maximum Gasteiger partial charge on any atom is 0.0447 e. The highest BCUT2D eigenvalue weighted by molar-refractivity contribution is 5.63. The molecule has 2 heterocycles. The molecule has 1 aromatic rings. The summed E-state index contributed by atoms with van der Waals surface area (Å²) in [5.74, 6) is 0. The van der Waals surface area contributed by atoms with Gasteiger partial charge in [-0.15, -0.1) is 0 Å². The van der Waals surface area contributed by atoms with Gasteiger partial charge in [0.25, 0.3) is 0 Å². The molecule has 0 amide bonds. The van der Waals surface area contributed by atoms with E-state index in [2.05, 4.69) is 23.1 Å². The second-order valence-corrected chi connectivity index (χ2v) is 4.34. The first kappa shape index (κ1) is 8.30. The van der Waals surface area contributed by atoms with Crippen molar-refractivity contribution in [3.8, 4) is 0 Å². The van der Waals surface area contributed by atoms with Crippen molar-refractivity contribution in [1.82, 2.24) is 0 Å². The van der Waals surface area contributed by atoms with Gasteiger partial charge in [0.05, 0.1) is 0 Å². The Morgan fingerprint density at radius 3 is 3.14 bits per heavy atom. The van der Waals surface area contributed by atoms with E-state index in [-0.39, 0.29) is 6.04 Å². The van der Waals surface area contributed by atoms with Gasteiger partial charge in [0.15, 0.2) is 0 Å². The van der Waals surface area contributed by atoms with Gasteiger partial charge in [0.2, 0.25) is 0 Å². The number of nitrogens with two attached hydrogens (primary N) is 1. The fourth-order valence-corrected chi connectivity index (χ4v) is 2.74. The van der Waals surface area contributed by atoms with Gasteiger partial charge >= 0.3 is 0 Å². The molecule has 0 aliphatic carbocycles. The smallest absolute Gasteiger partial charge is 0.0447 e. The zero-order valence-electron chi connectivity index (χ0n) is 8.37. The predicted octanol–water partition coefficient (Wildman–Crippen LogP) is 1.84. The van der Waals surface area contributed by atoms with Crippen molar-refractivity contribution in [1.29, 1.82) is 0 Å². The summed E-state index contributed by atoms with van der Waals surface area (Å²) in [6.45, 7) is 2.36.